The van der Waals surface area contributed by atoms with Crippen LogP contribution in [0.2, 0.25) is 0 Å². The summed E-state index contributed by atoms with van der Waals surface area (Å²) in [5.74, 6) is 0. The van der Waals surface area contributed by atoms with Gasteiger partial charge in [-0.25, -0.2) is 0 Å². The standard InChI is InChI=1S/C13H16N2O2/c14-7-11-3-1-2-4-12(11)8-15-5-6-17-10-13(15)9-16/h1-4,13,16H,5-6,8-10H2. The fourth-order valence-corrected chi connectivity index (χ4v) is 2.05. The molecule has 0 radical (unpaired) electrons. The Morgan fingerprint density at radius 3 is 3.06 bits per heavy atom. The molecule has 1 saturated heterocycles. The van der Waals surface area contributed by atoms with Crippen LogP contribution in [0.25, 0.3) is 0 Å². The van der Waals surface area contributed by atoms with Crippen LogP contribution in [-0.4, -0.2) is 42.4 Å². The molecule has 1 aliphatic heterocycles. The lowest BCUT2D eigenvalue weighted by Gasteiger charge is -2.34. The molecule has 1 N–H and O–H groups in total. The Morgan fingerprint density at radius 2 is 2.29 bits per heavy atom. The molecule has 0 aliphatic carbocycles. The second-order valence-corrected chi connectivity index (χ2v) is 4.15. The number of morpholine rings is 1. The maximum absolute atomic E-state index is 9.28. The molecule has 4 heteroatoms. The third-order valence-corrected chi connectivity index (χ3v) is 3.07. The first-order valence-corrected chi connectivity index (χ1v) is 5.76. The Hall–Kier alpha value is -1.41. The van der Waals surface area contributed by atoms with Gasteiger partial charge < -0.3 is 9.84 Å². The number of ether oxygens (including phenoxy) is 1. The van der Waals surface area contributed by atoms with Crippen molar-refractivity contribution in [1.29, 1.82) is 5.26 Å². The minimum atomic E-state index is 0.0375. The fraction of sp³-hybridized carbons (Fsp3) is 0.462. The maximum atomic E-state index is 9.28. The van der Waals surface area contributed by atoms with Gasteiger partial charge in [0.2, 0.25) is 0 Å². The molecule has 2 rings (SSSR count). The maximum Gasteiger partial charge on any atom is 0.0995 e. The van der Waals surface area contributed by atoms with Gasteiger partial charge in [0.1, 0.15) is 0 Å². The minimum Gasteiger partial charge on any atom is -0.395 e. The molecule has 4 nitrogen and oxygen atoms in total. The normalized spacial score (nSPS) is 21.1. The average molecular weight is 232 g/mol. The molecule has 1 aromatic rings. The summed E-state index contributed by atoms with van der Waals surface area (Å²) in [6.07, 6.45) is 0. The summed E-state index contributed by atoms with van der Waals surface area (Å²) in [5.41, 5.74) is 1.71. The van der Waals surface area contributed by atoms with Crippen LogP contribution < -0.4 is 0 Å². The van der Waals surface area contributed by atoms with Gasteiger partial charge in [-0.1, -0.05) is 18.2 Å². The van der Waals surface area contributed by atoms with E-state index in [1.54, 1.807) is 0 Å². The summed E-state index contributed by atoms with van der Waals surface area (Å²) >= 11 is 0. The van der Waals surface area contributed by atoms with E-state index in [4.69, 9.17) is 10.00 Å². The molecular weight excluding hydrogens is 216 g/mol. The average Bonchev–Trinajstić information content (AvgIpc) is 2.40. The van der Waals surface area contributed by atoms with Crippen molar-refractivity contribution in [3.05, 3.63) is 35.4 Å². The van der Waals surface area contributed by atoms with Crippen molar-refractivity contribution < 1.29 is 9.84 Å². The van der Waals surface area contributed by atoms with Crippen molar-refractivity contribution in [2.45, 2.75) is 12.6 Å². The molecule has 1 aromatic carbocycles. The zero-order valence-corrected chi connectivity index (χ0v) is 9.67. The van der Waals surface area contributed by atoms with Crippen LogP contribution in [0.1, 0.15) is 11.1 Å². The zero-order chi connectivity index (χ0) is 12.1. The topological polar surface area (TPSA) is 56.5 Å². The van der Waals surface area contributed by atoms with Crippen LogP contribution in [0.4, 0.5) is 0 Å². The number of rotatable bonds is 3. The van der Waals surface area contributed by atoms with Crippen molar-refractivity contribution in [3.63, 3.8) is 0 Å². The van der Waals surface area contributed by atoms with Gasteiger partial charge in [-0.3, -0.25) is 4.90 Å². The molecular formula is C13H16N2O2. The van der Waals surface area contributed by atoms with Gasteiger partial charge in [0.15, 0.2) is 0 Å². The molecule has 0 aromatic heterocycles. The van der Waals surface area contributed by atoms with Crippen molar-refractivity contribution in [3.8, 4) is 6.07 Å². The van der Waals surface area contributed by atoms with Crippen LogP contribution >= 0.6 is 0 Å². The predicted octanol–water partition coefficient (Wildman–Crippen LogP) is 0.751. The third-order valence-electron chi connectivity index (χ3n) is 3.07. The molecule has 1 aliphatic rings. The first-order valence-electron chi connectivity index (χ1n) is 5.76. The lowest BCUT2D eigenvalue weighted by Crippen LogP contribution is -2.46. The van der Waals surface area contributed by atoms with Gasteiger partial charge in [-0.15, -0.1) is 0 Å². The van der Waals surface area contributed by atoms with E-state index in [1.165, 1.54) is 0 Å². The monoisotopic (exact) mass is 232 g/mol. The van der Waals surface area contributed by atoms with E-state index in [0.29, 0.717) is 25.3 Å². The molecule has 1 heterocycles. The summed E-state index contributed by atoms with van der Waals surface area (Å²) in [4.78, 5) is 2.17. The Morgan fingerprint density at radius 1 is 1.47 bits per heavy atom. The van der Waals surface area contributed by atoms with Crippen LogP contribution in [0, 0.1) is 11.3 Å². The van der Waals surface area contributed by atoms with Crippen LogP contribution in [0.15, 0.2) is 24.3 Å². The molecule has 1 atom stereocenters. The Bertz CT molecular complexity index is 414. The third kappa shape index (κ3) is 2.83. The van der Waals surface area contributed by atoms with Crippen molar-refractivity contribution in [2.75, 3.05) is 26.4 Å². The van der Waals surface area contributed by atoms with E-state index in [0.717, 1.165) is 12.1 Å². The molecule has 17 heavy (non-hydrogen) atoms. The van der Waals surface area contributed by atoms with Gasteiger partial charge in [-0.2, -0.15) is 5.26 Å². The van der Waals surface area contributed by atoms with E-state index in [-0.39, 0.29) is 12.6 Å². The Balaban J connectivity index is 2.11. The number of hydrogen-bond donors (Lipinski definition) is 1. The van der Waals surface area contributed by atoms with Gasteiger partial charge in [0.25, 0.3) is 0 Å². The smallest absolute Gasteiger partial charge is 0.0995 e. The van der Waals surface area contributed by atoms with E-state index >= 15 is 0 Å². The molecule has 1 unspecified atom stereocenters. The zero-order valence-electron chi connectivity index (χ0n) is 9.67. The number of hydrogen-bond acceptors (Lipinski definition) is 4. The lowest BCUT2D eigenvalue weighted by molar-refractivity contribution is -0.0312. The highest BCUT2D eigenvalue weighted by atomic mass is 16.5. The molecule has 1 fully saturated rings. The van der Waals surface area contributed by atoms with Crippen molar-refractivity contribution in [2.24, 2.45) is 0 Å². The Kier molecular flexibility index (Phi) is 4.10. The molecule has 0 saturated carbocycles. The van der Waals surface area contributed by atoms with Gasteiger partial charge in [0, 0.05) is 13.1 Å². The van der Waals surface area contributed by atoms with Crippen LogP contribution in [0.5, 0.6) is 0 Å². The summed E-state index contributed by atoms with van der Waals surface area (Å²) in [7, 11) is 0. The number of nitriles is 1. The van der Waals surface area contributed by atoms with Crippen molar-refractivity contribution in [1.82, 2.24) is 4.90 Å². The summed E-state index contributed by atoms with van der Waals surface area (Å²) < 4.78 is 5.33. The van der Waals surface area contributed by atoms with Crippen LogP contribution in [-0.2, 0) is 11.3 Å². The van der Waals surface area contributed by atoms with E-state index in [1.807, 2.05) is 24.3 Å². The first kappa shape index (κ1) is 12.1. The molecule has 0 spiro atoms. The highest BCUT2D eigenvalue weighted by Crippen LogP contribution is 2.15. The SMILES string of the molecule is N#Cc1ccccc1CN1CCOCC1CO. The molecule has 0 bridgehead atoms. The first-order chi connectivity index (χ1) is 8.35. The highest BCUT2D eigenvalue weighted by Gasteiger charge is 2.22. The summed E-state index contributed by atoms with van der Waals surface area (Å²) in [6.45, 7) is 2.83. The number of aliphatic hydroxyl groups is 1. The fourth-order valence-electron chi connectivity index (χ4n) is 2.05. The van der Waals surface area contributed by atoms with Gasteiger partial charge in [0.05, 0.1) is 37.5 Å². The number of nitrogens with zero attached hydrogens (tertiary/aromatic N) is 2. The largest absolute Gasteiger partial charge is 0.395 e. The second-order valence-electron chi connectivity index (χ2n) is 4.15. The van der Waals surface area contributed by atoms with Crippen molar-refractivity contribution >= 4 is 0 Å². The van der Waals surface area contributed by atoms with Crippen LogP contribution in [0.3, 0.4) is 0 Å². The van der Waals surface area contributed by atoms with Gasteiger partial charge in [-0.05, 0) is 11.6 Å². The quantitative estimate of drug-likeness (QED) is 0.835. The van der Waals surface area contributed by atoms with E-state index in [9.17, 15) is 5.11 Å². The van der Waals surface area contributed by atoms with E-state index in [2.05, 4.69) is 11.0 Å². The Labute approximate surface area is 101 Å². The second kappa shape index (κ2) is 5.78. The molecule has 90 valence electrons. The number of aliphatic hydroxyl groups excluding tert-OH is 1. The lowest BCUT2D eigenvalue weighted by atomic mass is 10.1. The minimum absolute atomic E-state index is 0.0375. The van der Waals surface area contributed by atoms with E-state index < -0.39 is 0 Å². The predicted molar refractivity (Wildman–Crippen MR) is 63.3 cm³/mol. The summed E-state index contributed by atoms with van der Waals surface area (Å²) in [6, 6.07) is 9.82. The molecule has 0 amide bonds. The summed E-state index contributed by atoms with van der Waals surface area (Å²) in [5, 5.41) is 18.3. The highest BCUT2D eigenvalue weighted by molar-refractivity contribution is 5.37. The van der Waals surface area contributed by atoms with Gasteiger partial charge >= 0.3 is 0 Å². The number of benzene rings is 1.